The standard InChI is InChI=1S/C15H29N3/c1-12(13-4-3-8-17(2)10-13)16-14-7-9-18(11-14)15-5-6-15/h12-16H,3-11H2,1-2H3. The van der Waals surface area contributed by atoms with Crippen molar-refractivity contribution < 1.29 is 0 Å². The van der Waals surface area contributed by atoms with Crippen LogP contribution in [0.15, 0.2) is 0 Å². The molecule has 0 aromatic heterocycles. The predicted octanol–water partition coefficient (Wildman–Crippen LogP) is 1.54. The van der Waals surface area contributed by atoms with Crippen molar-refractivity contribution in [1.29, 1.82) is 0 Å². The number of likely N-dealkylation sites (tertiary alicyclic amines) is 2. The van der Waals surface area contributed by atoms with Crippen LogP contribution < -0.4 is 5.32 Å². The van der Waals surface area contributed by atoms with Gasteiger partial charge in [0.05, 0.1) is 0 Å². The van der Waals surface area contributed by atoms with Crippen LogP contribution in [0.25, 0.3) is 0 Å². The first-order valence-corrected chi connectivity index (χ1v) is 7.91. The Bertz CT molecular complexity index is 277. The molecule has 0 aromatic rings. The van der Waals surface area contributed by atoms with Gasteiger partial charge in [0, 0.05) is 37.8 Å². The van der Waals surface area contributed by atoms with Crippen LogP contribution in [-0.2, 0) is 0 Å². The fourth-order valence-corrected chi connectivity index (χ4v) is 3.82. The third kappa shape index (κ3) is 3.06. The average molecular weight is 251 g/mol. The van der Waals surface area contributed by atoms with Crippen LogP contribution in [0.1, 0.15) is 39.0 Å². The van der Waals surface area contributed by atoms with Crippen molar-refractivity contribution in [3.8, 4) is 0 Å². The van der Waals surface area contributed by atoms with E-state index in [-0.39, 0.29) is 0 Å². The number of nitrogens with one attached hydrogen (secondary N) is 1. The summed E-state index contributed by atoms with van der Waals surface area (Å²) in [7, 11) is 2.27. The van der Waals surface area contributed by atoms with Gasteiger partial charge in [0.15, 0.2) is 0 Å². The second-order valence-corrected chi connectivity index (χ2v) is 6.83. The first-order chi connectivity index (χ1) is 8.72. The molecule has 3 unspecified atom stereocenters. The van der Waals surface area contributed by atoms with Crippen LogP contribution in [0, 0.1) is 5.92 Å². The van der Waals surface area contributed by atoms with Crippen molar-refractivity contribution in [2.24, 2.45) is 5.92 Å². The number of rotatable bonds is 4. The molecule has 0 radical (unpaired) electrons. The van der Waals surface area contributed by atoms with Crippen molar-refractivity contribution in [1.82, 2.24) is 15.1 Å². The zero-order valence-corrected chi connectivity index (χ0v) is 12.1. The van der Waals surface area contributed by atoms with E-state index in [1.807, 2.05) is 0 Å². The summed E-state index contributed by atoms with van der Waals surface area (Å²) in [5.41, 5.74) is 0. The molecule has 2 heterocycles. The zero-order valence-electron chi connectivity index (χ0n) is 12.1. The van der Waals surface area contributed by atoms with Gasteiger partial charge in [-0.25, -0.2) is 0 Å². The van der Waals surface area contributed by atoms with E-state index in [0.29, 0.717) is 6.04 Å². The summed E-state index contributed by atoms with van der Waals surface area (Å²) in [6, 6.07) is 2.40. The van der Waals surface area contributed by atoms with Crippen molar-refractivity contribution in [2.45, 2.75) is 57.2 Å². The van der Waals surface area contributed by atoms with E-state index in [1.165, 1.54) is 58.3 Å². The molecule has 1 N–H and O–H groups in total. The minimum atomic E-state index is 0.692. The fraction of sp³-hybridized carbons (Fsp3) is 1.00. The van der Waals surface area contributed by atoms with E-state index in [4.69, 9.17) is 0 Å². The normalized spacial score (nSPS) is 37.0. The monoisotopic (exact) mass is 251 g/mol. The summed E-state index contributed by atoms with van der Waals surface area (Å²) in [5.74, 6) is 0.860. The van der Waals surface area contributed by atoms with E-state index >= 15 is 0 Å². The quantitative estimate of drug-likeness (QED) is 0.818. The first-order valence-electron chi connectivity index (χ1n) is 7.91. The van der Waals surface area contributed by atoms with Gasteiger partial charge in [-0.3, -0.25) is 4.90 Å². The van der Waals surface area contributed by atoms with Gasteiger partial charge in [0.1, 0.15) is 0 Å². The van der Waals surface area contributed by atoms with Crippen LogP contribution >= 0.6 is 0 Å². The number of piperidine rings is 1. The van der Waals surface area contributed by atoms with Gasteiger partial charge in [-0.05, 0) is 58.5 Å². The van der Waals surface area contributed by atoms with Crippen molar-refractivity contribution in [3.63, 3.8) is 0 Å². The maximum atomic E-state index is 3.91. The molecule has 3 rings (SSSR count). The van der Waals surface area contributed by atoms with Gasteiger partial charge < -0.3 is 10.2 Å². The predicted molar refractivity (Wildman–Crippen MR) is 75.8 cm³/mol. The lowest BCUT2D eigenvalue weighted by Gasteiger charge is -2.35. The Kier molecular flexibility index (Phi) is 3.92. The fourth-order valence-electron chi connectivity index (χ4n) is 3.82. The molecule has 0 spiro atoms. The summed E-state index contributed by atoms with van der Waals surface area (Å²) in [6.07, 6.45) is 7.07. The van der Waals surface area contributed by atoms with Gasteiger partial charge in [-0.15, -0.1) is 0 Å². The Morgan fingerprint density at radius 1 is 1.06 bits per heavy atom. The molecule has 18 heavy (non-hydrogen) atoms. The largest absolute Gasteiger partial charge is 0.310 e. The van der Waals surface area contributed by atoms with E-state index in [9.17, 15) is 0 Å². The van der Waals surface area contributed by atoms with Crippen LogP contribution in [0.5, 0.6) is 0 Å². The van der Waals surface area contributed by atoms with Crippen molar-refractivity contribution in [2.75, 3.05) is 33.2 Å². The molecule has 0 aromatic carbocycles. The van der Waals surface area contributed by atoms with Gasteiger partial charge in [-0.1, -0.05) is 0 Å². The molecule has 3 atom stereocenters. The summed E-state index contributed by atoms with van der Waals surface area (Å²) >= 11 is 0. The van der Waals surface area contributed by atoms with Gasteiger partial charge in [-0.2, -0.15) is 0 Å². The molecule has 3 nitrogen and oxygen atoms in total. The average Bonchev–Trinajstić information content (AvgIpc) is 3.11. The summed E-state index contributed by atoms with van der Waals surface area (Å²) in [6.45, 7) is 7.62. The van der Waals surface area contributed by atoms with Gasteiger partial charge in [0.25, 0.3) is 0 Å². The number of hydrogen-bond acceptors (Lipinski definition) is 3. The maximum absolute atomic E-state index is 3.91. The second-order valence-electron chi connectivity index (χ2n) is 6.83. The van der Waals surface area contributed by atoms with E-state index in [2.05, 4.69) is 29.1 Å². The Hall–Kier alpha value is -0.120. The van der Waals surface area contributed by atoms with Crippen LogP contribution in [0.2, 0.25) is 0 Å². The smallest absolute Gasteiger partial charge is 0.0209 e. The zero-order chi connectivity index (χ0) is 12.5. The van der Waals surface area contributed by atoms with Crippen LogP contribution in [-0.4, -0.2) is 61.2 Å². The molecule has 1 aliphatic carbocycles. The van der Waals surface area contributed by atoms with Crippen molar-refractivity contribution >= 4 is 0 Å². The highest BCUT2D eigenvalue weighted by Gasteiger charge is 2.35. The van der Waals surface area contributed by atoms with Crippen LogP contribution in [0.4, 0.5) is 0 Å². The molecule has 3 heteroatoms. The third-order valence-corrected chi connectivity index (χ3v) is 5.15. The highest BCUT2D eigenvalue weighted by Crippen LogP contribution is 2.30. The Labute approximate surface area is 112 Å². The molecule has 0 amide bonds. The molecular formula is C15H29N3. The summed E-state index contributed by atoms with van der Waals surface area (Å²) in [5, 5.41) is 3.91. The number of nitrogens with zero attached hydrogens (tertiary/aromatic N) is 2. The SMILES string of the molecule is CC(NC1CCN(C2CC2)C1)C1CCCN(C)C1. The molecular weight excluding hydrogens is 222 g/mol. The Balaban J connectivity index is 1.44. The minimum absolute atomic E-state index is 0.692. The van der Waals surface area contributed by atoms with Gasteiger partial charge in [0.2, 0.25) is 0 Å². The van der Waals surface area contributed by atoms with Crippen molar-refractivity contribution in [3.05, 3.63) is 0 Å². The minimum Gasteiger partial charge on any atom is -0.310 e. The Morgan fingerprint density at radius 3 is 2.61 bits per heavy atom. The number of hydrogen-bond donors (Lipinski definition) is 1. The lowest BCUT2D eigenvalue weighted by molar-refractivity contribution is 0.172. The maximum Gasteiger partial charge on any atom is 0.0209 e. The molecule has 1 saturated carbocycles. The highest BCUT2D eigenvalue weighted by atomic mass is 15.2. The highest BCUT2D eigenvalue weighted by molar-refractivity contribution is 4.93. The molecule has 2 aliphatic heterocycles. The molecule has 104 valence electrons. The summed E-state index contributed by atoms with van der Waals surface area (Å²) < 4.78 is 0. The third-order valence-electron chi connectivity index (χ3n) is 5.15. The summed E-state index contributed by atoms with van der Waals surface area (Å²) in [4.78, 5) is 5.20. The molecule has 2 saturated heterocycles. The lowest BCUT2D eigenvalue weighted by Crippen LogP contribution is -2.47. The van der Waals surface area contributed by atoms with E-state index in [0.717, 1.165) is 18.0 Å². The lowest BCUT2D eigenvalue weighted by atomic mass is 9.91. The van der Waals surface area contributed by atoms with Gasteiger partial charge >= 0.3 is 0 Å². The molecule has 0 bridgehead atoms. The topological polar surface area (TPSA) is 18.5 Å². The van der Waals surface area contributed by atoms with E-state index in [1.54, 1.807) is 0 Å². The second kappa shape index (κ2) is 5.48. The molecule has 3 aliphatic rings. The van der Waals surface area contributed by atoms with Crippen LogP contribution in [0.3, 0.4) is 0 Å². The van der Waals surface area contributed by atoms with E-state index < -0.39 is 0 Å². The Morgan fingerprint density at radius 2 is 1.89 bits per heavy atom. The first kappa shape index (κ1) is 12.9. The molecule has 3 fully saturated rings.